The van der Waals surface area contributed by atoms with Crippen molar-refractivity contribution in [1.82, 2.24) is 9.55 Å². The highest BCUT2D eigenvalue weighted by Gasteiger charge is 2.36. The van der Waals surface area contributed by atoms with Crippen molar-refractivity contribution in [2.45, 2.75) is 37.0 Å². The zero-order valence-corrected chi connectivity index (χ0v) is 12.0. The van der Waals surface area contributed by atoms with Gasteiger partial charge >= 0.3 is 11.7 Å². The van der Waals surface area contributed by atoms with Gasteiger partial charge in [-0.2, -0.15) is 0 Å². The fourth-order valence-corrected chi connectivity index (χ4v) is 3.47. The number of nitrogens with zero attached hydrogens (tertiary/aromatic N) is 1. The molecule has 2 rings (SSSR count). The van der Waals surface area contributed by atoms with Crippen molar-refractivity contribution in [3.05, 3.63) is 32.6 Å². The van der Waals surface area contributed by atoms with E-state index in [0.29, 0.717) is 12.0 Å². The van der Waals surface area contributed by atoms with Crippen molar-refractivity contribution in [3.8, 4) is 0 Å². The molecule has 7 nitrogen and oxygen atoms in total. The van der Waals surface area contributed by atoms with Gasteiger partial charge in [-0.3, -0.25) is 19.1 Å². The van der Waals surface area contributed by atoms with Gasteiger partial charge in [0.05, 0.1) is 16.7 Å². The number of thioether (sulfide) groups is 1. The Kier molecular flexibility index (Phi) is 4.34. The van der Waals surface area contributed by atoms with Crippen LogP contribution in [0.5, 0.6) is 0 Å². The highest BCUT2D eigenvalue weighted by molar-refractivity contribution is 8.00. The molecule has 0 unspecified atom stereocenters. The minimum absolute atomic E-state index is 0.106. The third-order valence-electron chi connectivity index (χ3n) is 3.11. The van der Waals surface area contributed by atoms with Crippen molar-refractivity contribution in [2.24, 2.45) is 0 Å². The van der Waals surface area contributed by atoms with Gasteiger partial charge in [0.2, 0.25) is 0 Å². The fourth-order valence-electron chi connectivity index (χ4n) is 2.04. The average molecular weight is 300 g/mol. The van der Waals surface area contributed by atoms with Gasteiger partial charge in [-0.1, -0.05) is 0 Å². The number of aliphatic hydroxyl groups is 1. The number of aromatic nitrogens is 2. The van der Waals surface area contributed by atoms with Gasteiger partial charge in [0.25, 0.3) is 5.56 Å². The summed E-state index contributed by atoms with van der Waals surface area (Å²) in [5, 5.41) is 9.39. The van der Waals surface area contributed by atoms with Gasteiger partial charge in [-0.15, -0.1) is 11.8 Å². The topological polar surface area (TPSA) is 101 Å². The highest BCUT2D eigenvalue weighted by atomic mass is 32.2. The monoisotopic (exact) mass is 300 g/mol. The normalized spacial score (nSPS) is 25.6. The number of carbonyl (C=O) groups is 1. The van der Waals surface area contributed by atoms with Crippen molar-refractivity contribution in [3.63, 3.8) is 0 Å². The molecule has 0 amide bonds. The second kappa shape index (κ2) is 5.84. The molecule has 1 aliphatic heterocycles. The maximum atomic E-state index is 11.8. The molecule has 1 aliphatic rings. The molecule has 1 saturated heterocycles. The minimum Gasteiger partial charge on any atom is -0.465 e. The van der Waals surface area contributed by atoms with Crippen LogP contribution >= 0.6 is 11.8 Å². The molecule has 20 heavy (non-hydrogen) atoms. The molecule has 1 aromatic rings. The first-order valence-electron chi connectivity index (χ1n) is 6.17. The van der Waals surface area contributed by atoms with E-state index in [2.05, 4.69) is 4.98 Å². The third kappa shape index (κ3) is 3.13. The van der Waals surface area contributed by atoms with Crippen LogP contribution in [0, 0.1) is 6.92 Å². The van der Waals surface area contributed by atoms with E-state index in [4.69, 9.17) is 4.74 Å². The Morgan fingerprint density at radius 3 is 2.95 bits per heavy atom. The second-order valence-corrected chi connectivity index (χ2v) is 6.14. The van der Waals surface area contributed by atoms with E-state index < -0.39 is 23.3 Å². The zero-order valence-electron chi connectivity index (χ0n) is 11.2. The van der Waals surface area contributed by atoms with E-state index in [-0.39, 0.29) is 17.2 Å². The van der Waals surface area contributed by atoms with Crippen LogP contribution in [0.25, 0.3) is 0 Å². The molecule has 2 heterocycles. The Labute approximate surface area is 119 Å². The van der Waals surface area contributed by atoms with Crippen LogP contribution in [-0.4, -0.2) is 38.6 Å². The maximum absolute atomic E-state index is 11.8. The van der Waals surface area contributed by atoms with Gasteiger partial charge in [0.15, 0.2) is 0 Å². The molecule has 2 N–H and O–H groups in total. The Hall–Kier alpha value is -1.54. The summed E-state index contributed by atoms with van der Waals surface area (Å²) in [5.74, 6) is -0.404. The number of aromatic amines is 1. The number of hydrogen-bond donors (Lipinski definition) is 2. The van der Waals surface area contributed by atoms with Crippen LogP contribution in [0.4, 0.5) is 0 Å². The van der Waals surface area contributed by atoms with Gasteiger partial charge in [0.1, 0.15) is 6.61 Å². The van der Waals surface area contributed by atoms with Crippen LogP contribution in [-0.2, 0) is 9.53 Å². The van der Waals surface area contributed by atoms with E-state index in [1.54, 1.807) is 6.92 Å². The summed E-state index contributed by atoms with van der Waals surface area (Å²) in [6, 6.07) is 0. The molecule has 110 valence electrons. The quantitative estimate of drug-likeness (QED) is 0.748. The van der Waals surface area contributed by atoms with Gasteiger partial charge in [-0.25, -0.2) is 4.79 Å². The standard InChI is InChI=1S/C12H16N2O5S/c1-6-4-14(12(18)13-11(6)17)10-3-8(16)9(20-10)5-19-7(2)15/h4,8-10,16H,3,5H2,1-2H3,(H,13,17,18)/t8-,9+,10+/m0/s1. The molecule has 0 radical (unpaired) electrons. The van der Waals surface area contributed by atoms with E-state index in [0.717, 1.165) is 0 Å². The number of aryl methyl sites for hydroxylation is 1. The lowest BCUT2D eigenvalue weighted by atomic mass is 10.2. The van der Waals surface area contributed by atoms with Crippen LogP contribution in [0.2, 0.25) is 0 Å². The molecule has 1 fully saturated rings. The van der Waals surface area contributed by atoms with Crippen molar-refractivity contribution >= 4 is 17.7 Å². The summed E-state index contributed by atoms with van der Waals surface area (Å²) in [6.07, 6.45) is 1.19. The predicted octanol–water partition coefficient (Wildman–Crippen LogP) is -0.227. The number of nitrogens with one attached hydrogen (secondary N) is 1. The van der Waals surface area contributed by atoms with Crippen molar-refractivity contribution in [2.75, 3.05) is 6.61 Å². The van der Waals surface area contributed by atoms with Gasteiger partial charge < -0.3 is 9.84 Å². The van der Waals surface area contributed by atoms with E-state index in [9.17, 15) is 19.5 Å². The number of rotatable bonds is 3. The number of hydrogen-bond acceptors (Lipinski definition) is 6. The molecular weight excluding hydrogens is 284 g/mol. The first kappa shape index (κ1) is 14.9. The number of ether oxygens (including phenoxy) is 1. The van der Waals surface area contributed by atoms with Gasteiger partial charge in [-0.05, 0) is 6.92 Å². The first-order valence-corrected chi connectivity index (χ1v) is 7.11. The summed E-state index contributed by atoms with van der Waals surface area (Å²) < 4.78 is 6.29. The second-order valence-electron chi connectivity index (χ2n) is 4.71. The summed E-state index contributed by atoms with van der Waals surface area (Å²) in [5.41, 5.74) is -0.479. The molecule has 0 spiro atoms. The minimum atomic E-state index is -0.663. The van der Waals surface area contributed by atoms with Gasteiger partial charge in [0, 0.05) is 25.1 Å². The number of carbonyl (C=O) groups excluding carboxylic acids is 1. The molecule has 3 atom stereocenters. The average Bonchev–Trinajstić information content (AvgIpc) is 2.72. The lowest BCUT2D eigenvalue weighted by Gasteiger charge is -2.14. The van der Waals surface area contributed by atoms with Crippen LogP contribution < -0.4 is 11.2 Å². The first-order chi connectivity index (χ1) is 9.38. The lowest BCUT2D eigenvalue weighted by molar-refractivity contribution is -0.141. The molecule has 0 aromatic carbocycles. The van der Waals surface area contributed by atoms with Crippen molar-refractivity contribution in [1.29, 1.82) is 0 Å². The molecule has 8 heteroatoms. The Balaban J connectivity index is 2.16. The van der Waals surface area contributed by atoms with Crippen molar-refractivity contribution < 1.29 is 14.6 Å². The maximum Gasteiger partial charge on any atom is 0.329 e. The van der Waals surface area contributed by atoms with E-state index in [1.165, 1.54) is 29.4 Å². The molecular formula is C12H16N2O5S. The summed E-state index contributed by atoms with van der Waals surface area (Å²) in [7, 11) is 0. The van der Waals surface area contributed by atoms with Crippen LogP contribution in [0.15, 0.2) is 15.8 Å². The summed E-state index contributed by atoms with van der Waals surface area (Å²) >= 11 is 1.36. The Morgan fingerprint density at radius 1 is 1.60 bits per heavy atom. The Bertz CT molecular complexity index is 623. The Morgan fingerprint density at radius 2 is 2.30 bits per heavy atom. The fraction of sp³-hybridized carbons (Fsp3) is 0.583. The largest absolute Gasteiger partial charge is 0.465 e. The van der Waals surface area contributed by atoms with E-state index >= 15 is 0 Å². The SMILES string of the molecule is CC(=O)OC[C@H]1S[C@@H](n2cc(C)c(=O)[nH]c2=O)C[C@@H]1O. The van der Waals surface area contributed by atoms with Crippen LogP contribution in [0.1, 0.15) is 24.3 Å². The number of esters is 1. The zero-order chi connectivity index (χ0) is 14.9. The third-order valence-corrected chi connectivity index (χ3v) is 4.64. The molecule has 0 saturated carbocycles. The molecule has 0 aliphatic carbocycles. The number of H-pyrrole nitrogens is 1. The molecule has 1 aromatic heterocycles. The predicted molar refractivity (Wildman–Crippen MR) is 73.7 cm³/mol. The lowest BCUT2D eigenvalue weighted by Crippen LogP contribution is -2.32. The molecule has 0 bridgehead atoms. The number of aliphatic hydroxyl groups excluding tert-OH is 1. The summed E-state index contributed by atoms with van der Waals surface area (Å²) in [6.45, 7) is 3.02. The van der Waals surface area contributed by atoms with Crippen LogP contribution in [0.3, 0.4) is 0 Å². The van der Waals surface area contributed by atoms with E-state index in [1.807, 2.05) is 0 Å². The smallest absolute Gasteiger partial charge is 0.329 e. The highest BCUT2D eigenvalue weighted by Crippen LogP contribution is 2.40. The summed E-state index contributed by atoms with van der Waals surface area (Å²) in [4.78, 5) is 36.1.